The number of hydrogen-bond acceptors (Lipinski definition) is 7. The summed E-state index contributed by atoms with van der Waals surface area (Å²) in [5.41, 5.74) is 1.21. The molecule has 1 aromatic carbocycles. The Morgan fingerprint density at radius 2 is 2.11 bits per heavy atom. The number of aliphatic hydroxyl groups excluding tert-OH is 1. The Bertz CT molecular complexity index is 1020. The lowest BCUT2D eigenvalue weighted by Crippen LogP contribution is -2.48. The normalized spacial score (nSPS) is 24.1. The van der Waals surface area contributed by atoms with E-state index in [1.165, 1.54) is 6.26 Å². The fourth-order valence-electron chi connectivity index (χ4n) is 4.34. The fraction of sp³-hybridized carbons (Fsp3) is 0.450. The zero-order chi connectivity index (χ0) is 19.3. The van der Waals surface area contributed by atoms with Crippen LogP contribution in [0.2, 0.25) is 0 Å². The number of thiazole rings is 1. The van der Waals surface area contributed by atoms with Crippen molar-refractivity contribution in [3.05, 3.63) is 41.1 Å². The van der Waals surface area contributed by atoms with E-state index in [0.29, 0.717) is 30.2 Å². The molecule has 8 heteroatoms. The Hall–Kier alpha value is -2.45. The van der Waals surface area contributed by atoms with Crippen molar-refractivity contribution in [3.63, 3.8) is 0 Å². The fourth-order valence-corrected chi connectivity index (χ4v) is 5.15. The first kappa shape index (κ1) is 17.6. The molecule has 2 fully saturated rings. The molecule has 0 saturated carbocycles. The molecule has 2 aromatic heterocycles. The Morgan fingerprint density at radius 3 is 2.89 bits per heavy atom. The number of carbonyl (C=O) groups is 1. The third kappa shape index (κ3) is 3.16. The highest BCUT2D eigenvalue weighted by Gasteiger charge is 2.43. The van der Waals surface area contributed by atoms with Crippen LogP contribution < -0.4 is 4.74 Å². The van der Waals surface area contributed by atoms with E-state index in [-0.39, 0.29) is 30.7 Å². The third-order valence-corrected chi connectivity index (χ3v) is 6.49. The number of carbonyl (C=O) groups excluding carboxylic acids is 1. The first-order valence-electron chi connectivity index (χ1n) is 9.52. The van der Waals surface area contributed by atoms with Gasteiger partial charge >= 0.3 is 0 Å². The topological polar surface area (TPSA) is 88.7 Å². The Morgan fingerprint density at radius 1 is 1.32 bits per heavy atom. The molecule has 2 aliphatic rings. The Balaban J connectivity index is 1.26. The minimum absolute atomic E-state index is 0.103. The van der Waals surface area contributed by atoms with Crippen LogP contribution in [0.15, 0.2) is 28.9 Å². The Kier molecular flexibility index (Phi) is 4.32. The van der Waals surface area contributed by atoms with Crippen LogP contribution in [0.25, 0.3) is 10.2 Å². The van der Waals surface area contributed by atoms with Crippen molar-refractivity contribution in [1.29, 1.82) is 0 Å². The Labute approximate surface area is 166 Å². The van der Waals surface area contributed by atoms with E-state index in [1.807, 2.05) is 30.0 Å². The van der Waals surface area contributed by atoms with Crippen molar-refractivity contribution in [3.8, 4) is 5.75 Å². The van der Waals surface area contributed by atoms with Crippen LogP contribution in [0.3, 0.4) is 0 Å². The summed E-state index contributed by atoms with van der Waals surface area (Å²) < 4.78 is 12.3. The molecule has 2 saturated heterocycles. The second kappa shape index (κ2) is 6.86. The quantitative estimate of drug-likeness (QED) is 0.724. The number of oxazole rings is 1. The zero-order valence-electron chi connectivity index (χ0n) is 15.5. The van der Waals surface area contributed by atoms with E-state index in [1.54, 1.807) is 11.3 Å². The molecule has 1 amide bonds. The summed E-state index contributed by atoms with van der Waals surface area (Å²) in [6.07, 6.45) is 4.28. The minimum Gasteiger partial charge on any atom is -0.484 e. The average molecular weight is 399 g/mol. The first-order valence-corrected chi connectivity index (χ1v) is 10.3. The molecule has 3 aromatic rings. The van der Waals surface area contributed by atoms with E-state index >= 15 is 0 Å². The van der Waals surface area contributed by atoms with E-state index in [0.717, 1.165) is 28.1 Å². The van der Waals surface area contributed by atoms with Crippen LogP contribution in [0, 0.1) is 6.92 Å². The van der Waals surface area contributed by atoms with E-state index < -0.39 is 0 Å². The number of fused-ring (bicyclic) bond motifs is 3. The van der Waals surface area contributed by atoms with E-state index in [4.69, 9.17) is 9.15 Å². The van der Waals surface area contributed by atoms with Crippen LogP contribution in [-0.4, -0.2) is 44.1 Å². The molecular formula is C20H21N3O4S. The highest BCUT2D eigenvalue weighted by Crippen LogP contribution is 2.36. The van der Waals surface area contributed by atoms with E-state index in [9.17, 15) is 9.90 Å². The lowest BCUT2D eigenvalue weighted by Gasteiger charge is -2.36. The predicted octanol–water partition coefficient (Wildman–Crippen LogP) is 3.30. The van der Waals surface area contributed by atoms with Gasteiger partial charge in [-0.1, -0.05) is 0 Å². The van der Waals surface area contributed by atoms with Crippen molar-refractivity contribution in [2.45, 2.75) is 57.4 Å². The number of piperidine rings is 1. The van der Waals surface area contributed by atoms with Crippen LogP contribution in [0.5, 0.6) is 5.75 Å². The molecule has 0 aliphatic carbocycles. The van der Waals surface area contributed by atoms with Gasteiger partial charge < -0.3 is 19.2 Å². The summed E-state index contributed by atoms with van der Waals surface area (Å²) in [4.78, 5) is 23.5. The molecule has 146 valence electrons. The van der Waals surface area contributed by atoms with Crippen molar-refractivity contribution in [1.82, 2.24) is 14.9 Å². The number of ether oxygens (including phenoxy) is 1. The highest BCUT2D eigenvalue weighted by molar-refractivity contribution is 7.18. The monoisotopic (exact) mass is 399 g/mol. The average Bonchev–Trinajstić information content (AvgIpc) is 3.35. The highest BCUT2D eigenvalue weighted by atomic mass is 32.1. The maximum Gasteiger partial charge on any atom is 0.276 e. The zero-order valence-corrected chi connectivity index (χ0v) is 16.3. The second-order valence-electron chi connectivity index (χ2n) is 7.50. The molecule has 5 rings (SSSR count). The number of rotatable bonds is 4. The number of hydrogen-bond donors (Lipinski definition) is 1. The number of aryl methyl sites for hydroxylation is 1. The van der Waals surface area contributed by atoms with Gasteiger partial charge in [0.25, 0.3) is 5.91 Å². The maximum absolute atomic E-state index is 12.9. The number of amides is 1. The molecule has 2 aliphatic heterocycles. The van der Waals surface area contributed by atoms with Gasteiger partial charge in [-0.15, -0.1) is 11.3 Å². The number of benzene rings is 1. The van der Waals surface area contributed by atoms with Crippen LogP contribution in [-0.2, 0) is 6.61 Å². The van der Waals surface area contributed by atoms with Crippen molar-refractivity contribution in [2.75, 3.05) is 0 Å². The van der Waals surface area contributed by atoms with Gasteiger partial charge in [-0.25, -0.2) is 9.97 Å². The van der Waals surface area contributed by atoms with Crippen molar-refractivity contribution < 1.29 is 19.1 Å². The lowest BCUT2D eigenvalue weighted by molar-refractivity contribution is 0.0282. The molecule has 2 unspecified atom stereocenters. The van der Waals surface area contributed by atoms with Gasteiger partial charge in [-0.2, -0.15) is 0 Å². The maximum atomic E-state index is 12.9. The van der Waals surface area contributed by atoms with Gasteiger partial charge in [0, 0.05) is 18.2 Å². The number of aliphatic hydroxyl groups is 1. The van der Waals surface area contributed by atoms with Crippen molar-refractivity contribution in [2.24, 2.45) is 0 Å². The molecule has 2 atom stereocenters. The van der Waals surface area contributed by atoms with Gasteiger partial charge in [-0.3, -0.25) is 4.79 Å². The molecule has 4 heterocycles. The van der Waals surface area contributed by atoms with Gasteiger partial charge in [0.1, 0.15) is 12.0 Å². The summed E-state index contributed by atoms with van der Waals surface area (Å²) in [5, 5.41) is 10.9. The summed E-state index contributed by atoms with van der Waals surface area (Å²) in [6, 6.07) is 5.98. The van der Waals surface area contributed by atoms with Gasteiger partial charge in [0.2, 0.25) is 5.89 Å². The van der Waals surface area contributed by atoms with Crippen LogP contribution in [0.1, 0.15) is 47.1 Å². The third-order valence-electron chi connectivity index (χ3n) is 5.54. The molecule has 0 spiro atoms. The van der Waals surface area contributed by atoms with Crippen LogP contribution in [0.4, 0.5) is 0 Å². The SMILES string of the molecule is Cc1nc2cc(OCc3nc(C(=O)N4C5CCC4CC(O)C5)co3)ccc2s1. The molecule has 28 heavy (non-hydrogen) atoms. The van der Waals surface area contributed by atoms with Crippen LogP contribution >= 0.6 is 11.3 Å². The molecule has 0 radical (unpaired) electrons. The second-order valence-corrected chi connectivity index (χ2v) is 8.73. The molecule has 2 bridgehead atoms. The predicted molar refractivity (Wildman–Crippen MR) is 103 cm³/mol. The standard InChI is InChI=1S/C20H21N3O4S/c1-11-21-16-8-15(4-5-18(16)28-11)26-10-19-22-17(9-27-19)20(25)23-12-2-3-13(23)7-14(24)6-12/h4-5,8-9,12-14,24H,2-3,6-7,10H2,1H3. The molecular weight excluding hydrogens is 378 g/mol. The largest absolute Gasteiger partial charge is 0.484 e. The van der Waals surface area contributed by atoms with Gasteiger partial charge in [0.05, 0.1) is 21.3 Å². The van der Waals surface area contributed by atoms with E-state index in [2.05, 4.69) is 9.97 Å². The van der Waals surface area contributed by atoms with Gasteiger partial charge in [0.15, 0.2) is 12.3 Å². The minimum atomic E-state index is -0.304. The molecule has 1 N–H and O–H groups in total. The number of aromatic nitrogens is 2. The summed E-state index contributed by atoms with van der Waals surface area (Å²) in [7, 11) is 0. The van der Waals surface area contributed by atoms with Crippen molar-refractivity contribution >= 4 is 27.5 Å². The smallest absolute Gasteiger partial charge is 0.276 e. The number of nitrogens with zero attached hydrogens (tertiary/aromatic N) is 3. The summed E-state index contributed by atoms with van der Waals surface area (Å²) in [5.74, 6) is 0.933. The summed E-state index contributed by atoms with van der Waals surface area (Å²) >= 11 is 1.65. The first-order chi connectivity index (χ1) is 13.6. The molecule has 7 nitrogen and oxygen atoms in total. The van der Waals surface area contributed by atoms with Gasteiger partial charge in [-0.05, 0) is 44.7 Å². The lowest BCUT2D eigenvalue weighted by atomic mass is 9.99. The summed E-state index contributed by atoms with van der Waals surface area (Å²) in [6.45, 7) is 2.12.